The number of nitrogens with one attached hydrogen (secondary N) is 1. The third kappa shape index (κ3) is 3.46. The van der Waals surface area contributed by atoms with Gasteiger partial charge in [0.25, 0.3) is 5.91 Å². The van der Waals surface area contributed by atoms with Crippen molar-refractivity contribution < 1.29 is 14.1 Å². The van der Waals surface area contributed by atoms with Gasteiger partial charge in [0.2, 0.25) is 11.8 Å². The van der Waals surface area contributed by atoms with Crippen molar-refractivity contribution in [2.24, 2.45) is 0 Å². The summed E-state index contributed by atoms with van der Waals surface area (Å²) in [7, 11) is 2.02. The monoisotopic (exact) mass is 470 g/mol. The predicted octanol–water partition coefficient (Wildman–Crippen LogP) is 2.84. The lowest BCUT2D eigenvalue weighted by Gasteiger charge is -2.46. The summed E-state index contributed by atoms with van der Waals surface area (Å²) in [5.74, 6) is 1.01. The molecule has 6 rings (SSSR count). The molecule has 4 aromatic rings. The molecule has 2 amide bonds. The first-order valence-corrected chi connectivity index (χ1v) is 11.8. The topological polar surface area (TPSA) is 96.5 Å². The average molecular weight is 471 g/mol. The Bertz CT molecular complexity index is 1450. The maximum atomic E-state index is 13.4. The van der Waals surface area contributed by atoms with Crippen LogP contribution in [0.5, 0.6) is 0 Å². The Balaban J connectivity index is 1.35. The standard InChI is InChI=1S/C26H26N6O3/c1-16-28-23(35-29-16)11-13-27-22(33)15-32-21-10-6-3-7-17(21)18-12-14-31-25(24(18)32)30(2)20-9-5-4-8-19(20)26(31)34/h3-10,25H,11-15H2,1-2H3,(H,27,33)/t25-/m1/s1. The Labute approximate surface area is 202 Å². The highest BCUT2D eigenvalue weighted by Crippen LogP contribution is 2.44. The Kier molecular flexibility index (Phi) is 5.05. The highest BCUT2D eigenvalue weighted by molar-refractivity contribution is 6.02. The molecule has 0 unspecified atom stereocenters. The maximum Gasteiger partial charge on any atom is 0.257 e. The lowest BCUT2D eigenvalue weighted by atomic mass is 9.96. The molecular formula is C26H26N6O3. The molecule has 2 aliphatic heterocycles. The van der Waals surface area contributed by atoms with E-state index in [0.717, 1.165) is 28.7 Å². The number of aryl methyl sites for hydroxylation is 1. The van der Waals surface area contributed by atoms with Crippen LogP contribution in [-0.4, -0.2) is 51.6 Å². The van der Waals surface area contributed by atoms with Crippen LogP contribution in [0.2, 0.25) is 0 Å². The highest BCUT2D eigenvalue weighted by atomic mass is 16.5. The van der Waals surface area contributed by atoms with Gasteiger partial charge >= 0.3 is 0 Å². The Morgan fingerprint density at radius 1 is 1.17 bits per heavy atom. The largest absolute Gasteiger partial charge is 0.354 e. The van der Waals surface area contributed by atoms with E-state index in [4.69, 9.17) is 4.52 Å². The summed E-state index contributed by atoms with van der Waals surface area (Å²) in [6, 6.07) is 15.9. The van der Waals surface area contributed by atoms with E-state index in [1.54, 1.807) is 6.92 Å². The first-order valence-electron chi connectivity index (χ1n) is 11.8. The zero-order valence-electron chi connectivity index (χ0n) is 19.7. The average Bonchev–Trinajstić information content (AvgIpc) is 3.43. The summed E-state index contributed by atoms with van der Waals surface area (Å²) in [6.07, 6.45) is 0.948. The van der Waals surface area contributed by atoms with Gasteiger partial charge in [-0.2, -0.15) is 4.98 Å². The number of carbonyl (C=O) groups excluding carboxylic acids is 2. The van der Waals surface area contributed by atoms with Gasteiger partial charge in [-0.3, -0.25) is 9.59 Å². The molecule has 2 aromatic heterocycles. The van der Waals surface area contributed by atoms with E-state index in [2.05, 4.69) is 31.0 Å². The third-order valence-corrected chi connectivity index (χ3v) is 6.94. The molecule has 1 atom stereocenters. The number of hydrogen-bond acceptors (Lipinski definition) is 6. The predicted molar refractivity (Wildman–Crippen MR) is 130 cm³/mol. The number of aromatic nitrogens is 3. The normalized spacial score (nSPS) is 16.7. The van der Waals surface area contributed by atoms with E-state index < -0.39 is 0 Å². The lowest BCUT2D eigenvalue weighted by Crippen LogP contribution is -2.51. The van der Waals surface area contributed by atoms with E-state index >= 15 is 0 Å². The first kappa shape index (κ1) is 21.4. The van der Waals surface area contributed by atoms with Crippen LogP contribution in [0.1, 0.15) is 39.5 Å². The second kappa shape index (κ2) is 8.26. The molecule has 178 valence electrons. The summed E-state index contributed by atoms with van der Waals surface area (Å²) in [5.41, 5.74) is 4.83. The number of nitrogens with zero attached hydrogens (tertiary/aromatic N) is 5. The molecule has 2 aromatic carbocycles. The summed E-state index contributed by atoms with van der Waals surface area (Å²) in [6.45, 7) is 2.97. The number of anilines is 1. The minimum Gasteiger partial charge on any atom is -0.354 e. The van der Waals surface area contributed by atoms with Crippen molar-refractivity contribution in [3.63, 3.8) is 0 Å². The van der Waals surface area contributed by atoms with Crippen molar-refractivity contribution in [2.45, 2.75) is 32.5 Å². The zero-order chi connectivity index (χ0) is 24.1. The Hall–Kier alpha value is -4.14. The van der Waals surface area contributed by atoms with Crippen molar-refractivity contribution in [3.05, 3.63) is 77.1 Å². The summed E-state index contributed by atoms with van der Waals surface area (Å²) < 4.78 is 7.21. The molecule has 0 saturated carbocycles. The second-order valence-electron chi connectivity index (χ2n) is 9.05. The van der Waals surface area contributed by atoms with Crippen molar-refractivity contribution in [1.29, 1.82) is 0 Å². The van der Waals surface area contributed by atoms with Crippen molar-refractivity contribution in [2.75, 3.05) is 25.0 Å². The highest BCUT2D eigenvalue weighted by Gasteiger charge is 2.42. The van der Waals surface area contributed by atoms with Crippen LogP contribution in [0.15, 0.2) is 53.1 Å². The number of benzene rings is 2. The van der Waals surface area contributed by atoms with Crippen LogP contribution in [0.25, 0.3) is 10.9 Å². The molecule has 0 saturated heterocycles. The molecular weight excluding hydrogens is 444 g/mol. The Morgan fingerprint density at radius 2 is 1.97 bits per heavy atom. The second-order valence-corrected chi connectivity index (χ2v) is 9.05. The van der Waals surface area contributed by atoms with Crippen molar-refractivity contribution >= 4 is 28.4 Å². The zero-order valence-corrected chi connectivity index (χ0v) is 19.7. The number of fused-ring (bicyclic) bond motifs is 6. The summed E-state index contributed by atoms with van der Waals surface area (Å²) in [5, 5.41) is 7.90. The summed E-state index contributed by atoms with van der Waals surface area (Å²) in [4.78, 5) is 34.7. The molecule has 0 fully saturated rings. The number of carbonyl (C=O) groups is 2. The summed E-state index contributed by atoms with van der Waals surface area (Å²) >= 11 is 0. The number of para-hydroxylation sites is 2. The van der Waals surface area contributed by atoms with Gasteiger partial charge in [0, 0.05) is 37.5 Å². The van der Waals surface area contributed by atoms with Crippen molar-refractivity contribution in [3.8, 4) is 0 Å². The van der Waals surface area contributed by atoms with E-state index in [0.29, 0.717) is 36.8 Å². The molecule has 9 nitrogen and oxygen atoms in total. The fraction of sp³-hybridized carbons (Fsp3) is 0.308. The van der Waals surface area contributed by atoms with Crippen LogP contribution in [-0.2, 0) is 24.2 Å². The molecule has 0 radical (unpaired) electrons. The minimum atomic E-state index is -0.275. The van der Waals surface area contributed by atoms with E-state index in [9.17, 15) is 9.59 Å². The van der Waals surface area contributed by atoms with Gasteiger partial charge in [0.15, 0.2) is 5.82 Å². The molecule has 0 bridgehead atoms. The van der Waals surface area contributed by atoms with Gasteiger partial charge in [0.1, 0.15) is 12.7 Å². The number of hydrogen-bond donors (Lipinski definition) is 1. The van der Waals surface area contributed by atoms with Crippen LogP contribution in [0.4, 0.5) is 5.69 Å². The van der Waals surface area contributed by atoms with Crippen molar-refractivity contribution in [1.82, 2.24) is 24.9 Å². The van der Waals surface area contributed by atoms with E-state index in [1.807, 2.05) is 54.4 Å². The van der Waals surface area contributed by atoms with Crippen LogP contribution in [0, 0.1) is 6.92 Å². The van der Waals surface area contributed by atoms with Gasteiger partial charge in [-0.05, 0) is 37.1 Å². The van der Waals surface area contributed by atoms with Gasteiger partial charge in [-0.25, -0.2) is 0 Å². The number of amides is 2. The van der Waals surface area contributed by atoms with Gasteiger partial charge in [-0.15, -0.1) is 0 Å². The molecule has 0 aliphatic carbocycles. The first-order chi connectivity index (χ1) is 17.0. The minimum absolute atomic E-state index is 0.0328. The third-order valence-electron chi connectivity index (χ3n) is 6.94. The van der Waals surface area contributed by atoms with Gasteiger partial charge in [0.05, 0.1) is 16.9 Å². The number of rotatable bonds is 5. The lowest BCUT2D eigenvalue weighted by molar-refractivity contribution is -0.121. The fourth-order valence-electron chi connectivity index (χ4n) is 5.43. The van der Waals surface area contributed by atoms with Crippen LogP contribution >= 0.6 is 0 Å². The molecule has 9 heteroatoms. The van der Waals surface area contributed by atoms with Gasteiger partial charge in [-0.1, -0.05) is 35.5 Å². The maximum absolute atomic E-state index is 13.4. The SMILES string of the molecule is Cc1noc(CCNC(=O)Cn2c3c(c4ccccc42)CCN2C(=O)c4ccccc4N(C)[C@@H]32)n1. The molecule has 4 heterocycles. The molecule has 2 aliphatic rings. The van der Waals surface area contributed by atoms with Gasteiger partial charge < -0.3 is 24.2 Å². The van der Waals surface area contributed by atoms with E-state index in [-0.39, 0.29) is 24.5 Å². The Morgan fingerprint density at radius 3 is 2.80 bits per heavy atom. The quantitative estimate of drug-likeness (QED) is 0.482. The van der Waals surface area contributed by atoms with E-state index in [1.165, 1.54) is 5.56 Å². The fourth-order valence-corrected chi connectivity index (χ4v) is 5.43. The smallest absolute Gasteiger partial charge is 0.257 e. The van der Waals surface area contributed by atoms with Crippen LogP contribution in [0.3, 0.4) is 0 Å². The molecule has 0 spiro atoms. The van der Waals surface area contributed by atoms with Crippen LogP contribution < -0.4 is 10.2 Å². The molecule has 1 N–H and O–H groups in total. The molecule has 35 heavy (non-hydrogen) atoms.